The third kappa shape index (κ3) is 4.08. The second-order valence-electron chi connectivity index (χ2n) is 6.92. The molecule has 1 aromatic heterocycles. The fourth-order valence-corrected chi connectivity index (χ4v) is 4.72. The Morgan fingerprint density at radius 1 is 1.22 bits per heavy atom. The topological polar surface area (TPSA) is 130 Å². The van der Waals surface area contributed by atoms with Crippen LogP contribution in [0.5, 0.6) is 0 Å². The number of pyridine rings is 1. The van der Waals surface area contributed by atoms with Crippen molar-refractivity contribution in [1.29, 1.82) is 0 Å². The van der Waals surface area contributed by atoms with Crippen molar-refractivity contribution in [2.24, 2.45) is 10.8 Å². The smallest absolute Gasteiger partial charge is 0.277 e. The highest BCUT2D eigenvalue weighted by atomic mass is 35.5. The molecule has 0 radical (unpaired) electrons. The molecular formula is C17H15ClF4N6O3S. The number of carbonyl (C=O) groups is 1. The summed E-state index contributed by atoms with van der Waals surface area (Å²) in [6, 6.07) is 1.09. The summed E-state index contributed by atoms with van der Waals surface area (Å²) in [5.41, 5.74) is -2.95. The lowest BCUT2D eigenvalue weighted by Crippen LogP contribution is -2.54. The zero-order valence-electron chi connectivity index (χ0n) is 16.4. The predicted octanol–water partition coefficient (Wildman–Crippen LogP) is 1.85. The van der Waals surface area contributed by atoms with Crippen LogP contribution in [0.25, 0.3) is 0 Å². The van der Waals surface area contributed by atoms with Gasteiger partial charge in [0.2, 0.25) is 16.0 Å². The summed E-state index contributed by atoms with van der Waals surface area (Å²) < 4.78 is 83.8. The average molecular weight is 495 g/mol. The van der Waals surface area contributed by atoms with Crippen molar-refractivity contribution in [2.45, 2.75) is 12.5 Å². The summed E-state index contributed by atoms with van der Waals surface area (Å²) in [4.78, 5) is 19.7. The summed E-state index contributed by atoms with van der Waals surface area (Å²) in [5.74, 6) is -3.44. The number of hydrogen-bond acceptors (Lipinski definition) is 7. The van der Waals surface area contributed by atoms with Crippen LogP contribution in [0.4, 0.5) is 23.2 Å². The molecule has 2 aromatic rings. The molecule has 172 valence electrons. The Kier molecular flexibility index (Phi) is 6.06. The first-order valence-electron chi connectivity index (χ1n) is 8.64. The van der Waals surface area contributed by atoms with Crippen LogP contribution in [-0.2, 0) is 15.6 Å². The number of amides is 1. The molecule has 0 saturated carbocycles. The van der Waals surface area contributed by atoms with Crippen LogP contribution in [0.2, 0.25) is 5.02 Å². The molecule has 0 spiro atoms. The van der Waals surface area contributed by atoms with Gasteiger partial charge < -0.3 is 5.32 Å². The molecule has 0 bridgehead atoms. The van der Waals surface area contributed by atoms with Gasteiger partial charge in [-0.05, 0) is 13.0 Å². The van der Waals surface area contributed by atoms with Crippen LogP contribution < -0.4 is 16.6 Å². The van der Waals surface area contributed by atoms with Gasteiger partial charge in [0.1, 0.15) is 5.54 Å². The first kappa shape index (κ1) is 23.7. The maximum absolute atomic E-state index is 15.3. The molecule has 1 aliphatic rings. The fourth-order valence-electron chi connectivity index (χ4n) is 3.10. The molecule has 0 saturated heterocycles. The molecule has 0 fully saturated rings. The molecule has 4 N–H and O–H groups in total. The van der Waals surface area contributed by atoms with E-state index in [1.807, 2.05) is 10.7 Å². The van der Waals surface area contributed by atoms with Crippen LogP contribution in [0.15, 0.2) is 23.3 Å². The third-order valence-electron chi connectivity index (χ3n) is 4.63. The van der Waals surface area contributed by atoms with E-state index in [1.54, 1.807) is 0 Å². The number of nitrogens with one attached hydrogen (secondary N) is 2. The quantitative estimate of drug-likeness (QED) is 0.258. The van der Waals surface area contributed by atoms with E-state index in [4.69, 9.17) is 17.4 Å². The lowest BCUT2D eigenvalue weighted by Gasteiger charge is -2.35. The van der Waals surface area contributed by atoms with E-state index in [0.29, 0.717) is 10.4 Å². The number of benzene rings is 1. The number of nitrogens with two attached hydrogens (primary N) is 1. The Morgan fingerprint density at radius 2 is 1.88 bits per heavy atom. The van der Waals surface area contributed by atoms with Crippen LogP contribution in [0.3, 0.4) is 0 Å². The highest BCUT2D eigenvalue weighted by molar-refractivity contribution is 7.89. The van der Waals surface area contributed by atoms with E-state index >= 15 is 4.39 Å². The summed E-state index contributed by atoms with van der Waals surface area (Å²) in [7, 11) is -3.07. The number of anilines is 1. The van der Waals surface area contributed by atoms with Crippen molar-refractivity contribution >= 4 is 39.2 Å². The SMILES string of the molecule is CN1C(NN)=N[C@](C)(c2c(F)c(F)cc(NC(=O)c3ncc(Cl)cc3F)c2F)CS1(=O)=O. The van der Waals surface area contributed by atoms with Crippen LogP contribution in [-0.4, -0.2) is 42.4 Å². The van der Waals surface area contributed by atoms with E-state index in [2.05, 4.69) is 9.98 Å². The molecule has 32 heavy (non-hydrogen) atoms. The Labute approximate surface area is 184 Å². The van der Waals surface area contributed by atoms with Crippen LogP contribution >= 0.6 is 11.6 Å². The number of hydrogen-bond donors (Lipinski definition) is 3. The molecule has 2 heterocycles. The fraction of sp³-hybridized carbons (Fsp3) is 0.235. The molecule has 0 aliphatic carbocycles. The normalized spacial score (nSPS) is 20.0. The van der Waals surface area contributed by atoms with Crippen molar-refractivity contribution in [2.75, 3.05) is 18.1 Å². The number of hydrazine groups is 1. The highest BCUT2D eigenvalue weighted by Crippen LogP contribution is 2.38. The summed E-state index contributed by atoms with van der Waals surface area (Å²) >= 11 is 5.56. The zero-order chi connectivity index (χ0) is 24.0. The van der Waals surface area contributed by atoms with Crippen molar-refractivity contribution in [1.82, 2.24) is 14.7 Å². The van der Waals surface area contributed by atoms with Gasteiger partial charge in [-0.25, -0.2) is 46.1 Å². The zero-order valence-corrected chi connectivity index (χ0v) is 18.0. The second kappa shape index (κ2) is 8.18. The first-order valence-corrected chi connectivity index (χ1v) is 10.6. The maximum Gasteiger partial charge on any atom is 0.277 e. The minimum atomic E-state index is -4.17. The number of nitrogens with zero attached hydrogens (tertiary/aromatic N) is 3. The molecule has 9 nitrogen and oxygen atoms in total. The van der Waals surface area contributed by atoms with Gasteiger partial charge >= 0.3 is 0 Å². The molecule has 1 aromatic carbocycles. The maximum atomic E-state index is 15.3. The van der Waals surface area contributed by atoms with Gasteiger partial charge in [-0.1, -0.05) is 11.6 Å². The van der Waals surface area contributed by atoms with Gasteiger partial charge in [-0.15, -0.1) is 0 Å². The van der Waals surface area contributed by atoms with Gasteiger partial charge in [0.15, 0.2) is 29.0 Å². The molecule has 1 aliphatic heterocycles. The standard InChI is InChI=1S/C17H15ClF4N6O3S/c1-17(6-32(30,31)28(2)16(26-17)27-23)11-12(21)8(19)4-10(13(11)22)25-15(29)14-9(20)3-7(18)5-24-14/h3-5H,6,23H2,1-2H3,(H,25,29)(H,26,27)/t17-/m0/s1. The third-order valence-corrected chi connectivity index (χ3v) is 6.77. The molecule has 1 atom stereocenters. The summed E-state index contributed by atoms with van der Waals surface area (Å²) in [6.07, 6.45) is 0.951. The lowest BCUT2D eigenvalue weighted by atomic mass is 9.92. The van der Waals surface area contributed by atoms with Gasteiger partial charge in [0.25, 0.3) is 5.91 Å². The van der Waals surface area contributed by atoms with E-state index in [1.165, 1.54) is 0 Å². The van der Waals surface area contributed by atoms with Crippen molar-refractivity contribution < 1.29 is 30.8 Å². The highest BCUT2D eigenvalue weighted by Gasteiger charge is 2.45. The summed E-state index contributed by atoms with van der Waals surface area (Å²) in [6.45, 7) is 1.04. The van der Waals surface area contributed by atoms with Gasteiger partial charge in [0.05, 0.1) is 22.0 Å². The Bertz CT molecular complexity index is 1260. The average Bonchev–Trinajstić information content (AvgIpc) is 2.68. The molecular weight excluding hydrogens is 480 g/mol. The van der Waals surface area contributed by atoms with Crippen molar-refractivity contribution in [3.63, 3.8) is 0 Å². The number of aliphatic imine (C=N–C) groups is 1. The second-order valence-corrected chi connectivity index (χ2v) is 9.36. The van der Waals surface area contributed by atoms with Crippen molar-refractivity contribution in [3.05, 3.63) is 57.9 Å². The molecule has 15 heteroatoms. The number of carbonyl (C=O) groups excluding carboxylic acids is 1. The number of halogens is 5. The number of rotatable bonds is 3. The van der Waals surface area contributed by atoms with E-state index in [-0.39, 0.29) is 5.02 Å². The Hall–Kier alpha value is -2.97. The monoisotopic (exact) mass is 494 g/mol. The van der Waals surface area contributed by atoms with E-state index in [9.17, 15) is 26.4 Å². The molecule has 1 amide bonds. The van der Waals surface area contributed by atoms with Crippen LogP contribution in [0, 0.1) is 23.3 Å². The number of sulfonamides is 1. The largest absolute Gasteiger partial charge is 0.318 e. The predicted molar refractivity (Wildman–Crippen MR) is 107 cm³/mol. The van der Waals surface area contributed by atoms with E-state index in [0.717, 1.165) is 26.2 Å². The van der Waals surface area contributed by atoms with Crippen molar-refractivity contribution in [3.8, 4) is 0 Å². The lowest BCUT2D eigenvalue weighted by molar-refractivity contribution is 0.101. The number of aromatic nitrogens is 1. The Balaban J connectivity index is 2.13. The first-order chi connectivity index (χ1) is 14.8. The minimum absolute atomic E-state index is 0.112. The van der Waals surface area contributed by atoms with E-state index < -0.39 is 73.4 Å². The molecule has 0 unspecified atom stereocenters. The molecule has 3 rings (SSSR count). The summed E-state index contributed by atoms with van der Waals surface area (Å²) in [5, 5.41) is 1.78. The van der Waals surface area contributed by atoms with Gasteiger partial charge in [-0.2, -0.15) is 0 Å². The Morgan fingerprint density at radius 3 is 2.47 bits per heavy atom. The van der Waals surface area contributed by atoms with Gasteiger partial charge in [-0.3, -0.25) is 10.2 Å². The van der Waals surface area contributed by atoms with Crippen LogP contribution in [0.1, 0.15) is 23.0 Å². The van der Waals surface area contributed by atoms with Gasteiger partial charge in [0, 0.05) is 19.3 Å². The number of guanidine groups is 1. The minimum Gasteiger partial charge on any atom is -0.318 e.